The van der Waals surface area contributed by atoms with E-state index in [4.69, 9.17) is 42.6 Å². The second-order valence-electron chi connectivity index (χ2n) is 18.7. The van der Waals surface area contributed by atoms with Crippen LogP contribution in [0.5, 0.6) is 51.7 Å². The van der Waals surface area contributed by atoms with E-state index in [1.54, 1.807) is 137 Å². The molecule has 486 valence electrons. The smallest absolute Gasteiger partial charge is 0.296 e. The summed E-state index contributed by atoms with van der Waals surface area (Å²) in [4.78, 5) is 81.7. The molecule has 0 saturated heterocycles. The van der Waals surface area contributed by atoms with E-state index in [9.17, 15) is 38.7 Å². The Hall–Kier alpha value is -10.5. The van der Waals surface area contributed by atoms with Gasteiger partial charge >= 0.3 is 0 Å². The summed E-state index contributed by atoms with van der Waals surface area (Å²) in [6.07, 6.45) is 10.0. The first kappa shape index (κ1) is 76.6. The first-order valence-corrected chi connectivity index (χ1v) is 27.2. The van der Waals surface area contributed by atoms with Crippen LogP contribution in [-0.2, 0) is 34.4 Å². The number of aliphatic hydroxyl groups is 1. The van der Waals surface area contributed by atoms with Crippen LogP contribution >= 0.6 is 0 Å². The average Bonchev–Trinajstić information content (AvgIpc) is 1.67. The second-order valence-corrected chi connectivity index (χ2v) is 18.7. The predicted molar refractivity (Wildman–Crippen MR) is 357 cm³/mol. The van der Waals surface area contributed by atoms with Gasteiger partial charge in [0, 0.05) is 22.5 Å². The van der Waals surface area contributed by atoms with Crippen molar-refractivity contribution in [1.82, 2.24) is 5.32 Å². The molecule has 5 N–H and O–H groups in total. The summed E-state index contributed by atoms with van der Waals surface area (Å²) >= 11 is 0. The summed E-state index contributed by atoms with van der Waals surface area (Å²) in [5.74, 6) is 1.89. The van der Waals surface area contributed by atoms with Gasteiger partial charge in [0.15, 0.2) is 57.4 Å². The zero-order valence-electron chi connectivity index (χ0n) is 51.0. The number of amides is 3. The first-order valence-electron chi connectivity index (χ1n) is 27.2. The van der Waals surface area contributed by atoms with E-state index in [0.29, 0.717) is 96.6 Å². The molecular weight excluding hydrogens is 1170 g/mol. The molecule has 0 saturated carbocycles. The van der Waals surface area contributed by atoms with Crippen molar-refractivity contribution in [2.45, 2.75) is 55.1 Å². The third-order valence-electron chi connectivity index (χ3n) is 13.0. The van der Waals surface area contributed by atoms with E-state index in [1.165, 1.54) is 73.9 Å². The van der Waals surface area contributed by atoms with Crippen LogP contribution in [0.3, 0.4) is 0 Å². The molecule has 0 spiro atoms. The Morgan fingerprint density at radius 1 is 0.484 bits per heavy atom. The van der Waals surface area contributed by atoms with Gasteiger partial charge in [0.25, 0.3) is 23.5 Å². The Balaban J connectivity index is 0.000000416. The number of allylic oxidation sites excluding steroid dienone is 4. The standard InChI is InChI=1S/C21H21NO6.C21H19NO5.C13H16O4.C8H5NO2.C4H11N.3CH4/c1-26-17-10-13(11-18(27-2)19(17)28-3)8-9-14(23)12-21(25)15-6-4-5-7-16(15)22-20(21)24;1-25-18-10-13(11-19(26-2)20(18)27-3)8-9-14(23)12-16-15-6-4-5-7-17(15)22-21(16)24;1-9(14)5-6-10-7-11(15-2)13(17-4)12(8-10)16-3;10-7-5-3-1-2-4-6(5)9-8(7)11;1-3-5-4-2;;;/h4-11,25H,12H2,1-3H3,(H,22,24);4-12H,1-3H3,(H,22,24);5-8H,1-4H3;1-4H,(H,9,10,11);5H,3-4H2,1-2H3;3*1H4/b9-8+;9-8+,16-12+;6-5+;;;;;. The number of Topliss-reactive ketones (excluding diaryl/α,β-unsaturated/α-hetero) is 1. The number of carbonyl (C=O) groups is 7. The Morgan fingerprint density at radius 3 is 1.25 bits per heavy atom. The first-order chi connectivity index (χ1) is 42.3. The van der Waals surface area contributed by atoms with Gasteiger partial charge in [-0.1, -0.05) is 103 Å². The van der Waals surface area contributed by atoms with E-state index >= 15 is 0 Å². The van der Waals surface area contributed by atoms with Crippen molar-refractivity contribution in [3.63, 3.8) is 0 Å². The van der Waals surface area contributed by atoms with Crippen molar-refractivity contribution >= 4 is 81.7 Å². The zero-order chi connectivity index (χ0) is 64.5. The molecule has 0 radical (unpaired) electrons. The van der Waals surface area contributed by atoms with Gasteiger partial charge in [-0.3, -0.25) is 33.6 Å². The van der Waals surface area contributed by atoms with Gasteiger partial charge < -0.3 is 69.0 Å². The van der Waals surface area contributed by atoms with Crippen molar-refractivity contribution in [2.75, 3.05) is 93.0 Å². The molecule has 21 heteroatoms. The quantitative estimate of drug-likeness (QED) is 0.0351. The van der Waals surface area contributed by atoms with E-state index in [1.807, 2.05) is 12.1 Å². The fourth-order valence-electron chi connectivity index (χ4n) is 8.78. The molecule has 1 unspecified atom stereocenters. The monoisotopic (exact) mass is 1250 g/mol. The zero-order valence-corrected chi connectivity index (χ0v) is 51.0. The van der Waals surface area contributed by atoms with Crippen molar-refractivity contribution in [3.05, 3.63) is 167 Å². The topological polar surface area (TPSA) is 271 Å². The predicted octanol–water partition coefficient (Wildman–Crippen LogP) is 11.5. The van der Waals surface area contributed by atoms with Crippen LogP contribution in [0.25, 0.3) is 23.8 Å². The van der Waals surface area contributed by atoms with Gasteiger partial charge in [0.05, 0.1) is 87.2 Å². The number of hydrogen-bond acceptors (Lipinski definition) is 18. The van der Waals surface area contributed by atoms with Crippen molar-refractivity contribution < 1.29 is 81.3 Å². The minimum atomic E-state index is -1.88. The Labute approximate surface area is 533 Å². The summed E-state index contributed by atoms with van der Waals surface area (Å²) in [5, 5.41) is 21.7. The van der Waals surface area contributed by atoms with Crippen molar-refractivity contribution in [2.24, 2.45) is 0 Å². The normalized spacial score (nSPS) is 13.9. The largest absolute Gasteiger partial charge is 0.493 e. The molecule has 0 fully saturated rings. The number of fused-ring (bicyclic) bond motifs is 3. The Bertz CT molecular complexity index is 3570. The SMILES string of the molecule is C.C.C.CCNCC.COc1cc(/C=C/C(=O)/C=C2/C(=O)Nc3ccccc32)cc(OC)c1OC.COc1cc(/C=C/C(=O)CC2(O)C(=O)Nc3ccccc32)cc(OC)c1OC.COc1cc(/C=C/C(C)=O)cc(OC)c1OC.O=C1Nc2ccccc2C1=O. The van der Waals surface area contributed by atoms with E-state index < -0.39 is 29.0 Å². The number of ether oxygens (including phenoxy) is 9. The molecule has 3 aliphatic heterocycles. The summed E-state index contributed by atoms with van der Waals surface area (Å²) in [6.45, 7) is 7.88. The lowest BCUT2D eigenvalue weighted by Crippen LogP contribution is -2.36. The van der Waals surface area contributed by atoms with E-state index in [-0.39, 0.29) is 46.2 Å². The fourth-order valence-corrected chi connectivity index (χ4v) is 8.78. The minimum absolute atomic E-state index is 0. The molecule has 6 aromatic carbocycles. The number of para-hydroxylation sites is 3. The van der Waals surface area contributed by atoms with Gasteiger partial charge in [-0.25, -0.2) is 0 Å². The summed E-state index contributed by atoms with van der Waals surface area (Å²) in [6, 6.07) is 31.3. The van der Waals surface area contributed by atoms with Crippen LogP contribution in [0, 0.1) is 0 Å². The van der Waals surface area contributed by atoms with Gasteiger partial charge in [-0.15, -0.1) is 0 Å². The van der Waals surface area contributed by atoms with Gasteiger partial charge in [0.1, 0.15) is 0 Å². The molecule has 0 bridgehead atoms. The Kier molecular flexibility index (Phi) is 31.4. The maximum atomic E-state index is 12.5. The van der Waals surface area contributed by atoms with Gasteiger partial charge in [-0.05, 0) is 122 Å². The lowest BCUT2D eigenvalue weighted by atomic mass is 9.90. The number of benzene rings is 6. The number of methoxy groups -OCH3 is 9. The van der Waals surface area contributed by atoms with Gasteiger partial charge in [-0.2, -0.15) is 0 Å². The summed E-state index contributed by atoms with van der Waals surface area (Å²) < 4.78 is 47.3. The summed E-state index contributed by atoms with van der Waals surface area (Å²) in [7, 11) is 13.7. The summed E-state index contributed by atoms with van der Waals surface area (Å²) in [5.41, 5.74) is 4.05. The molecule has 21 nitrogen and oxygen atoms in total. The molecule has 3 heterocycles. The maximum absolute atomic E-state index is 12.5. The molecular formula is C70H84N4O17. The van der Waals surface area contributed by atoms with Crippen molar-refractivity contribution in [1.29, 1.82) is 0 Å². The third kappa shape index (κ3) is 20.0. The third-order valence-corrected chi connectivity index (χ3v) is 13.0. The number of anilines is 3. The minimum Gasteiger partial charge on any atom is -0.493 e. The number of rotatable bonds is 20. The fraction of sp³-hybridized carbons (Fsp3) is 0.271. The second kappa shape index (κ2) is 37.4. The molecule has 91 heavy (non-hydrogen) atoms. The number of nitrogens with one attached hydrogen (secondary N) is 4. The molecule has 9 rings (SSSR count). The lowest BCUT2D eigenvalue weighted by molar-refractivity contribution is -0.138. The van der Waals surface area contributed by atoms with Gasteiger partial charge in [0.2, 0.25) is 17.2 Å². The highest BCUT2D eigenvalue weighted by Gasteiger charge is 2.46. The highest BCUT2D eigenvalue weighted by atomic mass is 16.5. The lowest BCUT2D eigenvalue weighted by Gasteiger charge is -2.19. The number of carbonyl (C=O) groups excluding carboxylic acids is 7. The van der Waals surface area contributed by atoms with E-state index in [2.05, 4.69) is 35.1 Å². The maximum Gasteiger partial charge on any atom is 0.296 e. The highest BCUT2D eigenvalue weighted by Crippen LogP contribution is 2.42. The Morgan fingerprint density at radius 2 is 0.857 bits per heavy atom. The molecule has 0 aliphatic carbocycles. The molecule has 6 aromatic rings. The molecule has 3 aliphatic rings. The molecule has 1 atom stereocenters. The van der Waals surface area contributed by atoms with Crippen LogP contribution in [-0.4, -0.2) is 123 Å². The number of hydrogen-bond donors (Lipinski definition) is 5. The van der Waals surface area contributed by atoms with Crippen LogP contribution < -0.4 is 63.9 Å². The van der Waals surface area contributed by atoms with Crippen LogP contribution in [0.2, 0.25) is 0 Å². The molecule has 0 aromatic heterocycles. The van der Waals surface area contributed by atoms with Crippen LogP contribution in [0.1, 0.15) is 87.6 Å². The van der Waals surface area contributed by atoms with E-state index in [0.717, 1.165) is 24.2 Å². The van der Waals surface area contributed by atoms with Crippen molar-refractivity contribution in [3.8, 4) is 51.7 Å². The average molecular weight is 1250 g/mol. The van der Waals surface area contributed by atoms with Crippen LogP contribution in [0.4, 0.5) is 17.1 Å². The van der Waals surface area contributed by atoms with Crippen LogP contribution in [0.15, 0.2) is 133 Å². The number of ketones is 4. The highest BCUT2D eigenvalue weighted by molar-refractivity contribution is 6.51. The molecule has 3 amide bonds.